The van der Waals surface area contributed by atoms with Gasteiger partial charge in [0.1, 0.15) is 11.6 Å². The van der Waals surface area contributed by atoms with Crippen molar-refractivity contribution in [3.8, 4) is 5.75 Å². The Hall–Kier alpha value is -2.82. The summed E-state index contributed by atoms with van der Waals surface area (Å²) in [6.07, 6.45) is 10.9. The number of hydrogen-bond acceptors (Lipinski definition) is 3. The monoisotopic (exact) mass is 447 g/mol. The number of methoxy groups -OCH3 is 1. The number of carbonyl (C=O) groups excluding carboxylic acids is 1. The highest BCUT2D eigenvalue weighted by Crippen LogP contribution is 2.34. The minimum Gasteiger partial charge on any atom is -0.497 e. The second-order valence-corrected chi connectivity index (χ2v) is 9.19. The van der Waals surface area contributed by atoms with E-state index in [4.69, 9.17) is 9.72 Å². The van der Waals surface area contributed by atoms with Crippen LogP contribution in [0.4, 0.5) is 5.69 Å². The van der Waals surface area contributed by atoms with Gasteiger partial charge in [0.05, 0.1) is 18.1 Å². The quantitative estimate of drug-likeness (QED) is 0.290. The summed E-state index contributed by atoms with van der Waals surface area (Å²) in [5, 5.41) is 0. The molecule has 1 amide bonds. The predicted octanol–water partition coefficient (Wildman–Crippen LogP) is 6.71. The van der Waals surface area contributed by atoms with Gasteiger partial charge in [-0.15, -0.1) is 0 Å². The molecule has 1 fully saturated rings. The van der Waals surface area contributed by atoms with Crippen molar-refractivity contribution in [1.29, 1.82) is 0 Å². The molecule has 1 saturated heterocycles. The molecule has 5 heteroatoms. The lowest BCUT2D eigenvalue weighted by molar-refractivity contribution is -0.117. The Balaban J connectivity index is 1.44. The number of anilines is 1. The van der Waals surface area contributed by atoms with E-state index in [0.29, 0.717) is 13.0 Å². The van der Waals surface area contributed by atoms with Crippen LogP contribution in [0.3, 0.4) is 0 Å². The van der Waals surface area contributed by atoms with E-state index < -0.39 is 0 Å². The molecule has 5 nitrogen and oxygen atoms in total. The number of ether oxygens (including phenoxy) is 1. The van der Waals surface area contributed by atoms with Crippen molar-refractivity contribution >= 4 is 22.6 Å². The first-order valence-corrected chi connectivity index (χ1v) is 12.6. The van der Waals surface area contributed by atoms with Crippen LogP contribution >= 0.6 is 0 Å². The van der Waals surface area contributed by atoms with Crippen molar-refractivity contribution < 1.29 is 9.53 Å². The van der Waals surface area contributed by atoms with Crippen molar-refractivity contribution in [3.05, 3.63) is 54.4 Å². The van der Waals surface area contributed by atoms with Gasteiger partial charge in [-0.25, -0.2) is 4.98 Å². The van der Waals surface area contributed by atoms with E-state index in [1.807, 2.05) is 35.2 Å². The van der Waals surface area contributed by atoms with Gasteiger partial charge in [-0.1, -0.05) is 64.0 Å². The number of amides is 1. The molecule has 1 atom stereocenters. The molecule has 0 radical (unpaired) electrons. The number of hydrogen-bond donors (Lipinski definition) is 0. The fourth-order valence-corrected chi connectivity index (χ4v) is 4.94. The summed E-state index contributed by atoms with van der Waals surface area (Å²) in [6.45, 7) is 3.91. The van der Waals surface area contributed by atoms with Crippen molar-refractivity contribution in [2.24, 2.45) is 0 Å². The van der Waals surface area contributed by atoms with Gasteiger partial charge in [0, 0.05) is 31.1 Å². The summed E-state index contributed by atoms with van der Waals surface area (Å²) < 4.78 is 7.64. The molecule has 1 aliphatic rings. The number of imidazole rings is 1. The number of unbranched alkanes of at least 4 members (excludes halogenated alkanes) is 7. The zero-order valence-electron chi connectivity index (χ0n) is 20.1. The molecule has 176 valence electrons. The molecule has 4 rings (SSSR count). The lowest BCUT2D eigenvalue weighted by atomic mass is 10.1. The lowest BCUT2D eigenvalue weighted by Crippen LogP contribution is -2.24. The number of benzene rings is 2. The second kappa shape index (κ2) is 11.4. The molecule has 3 aromatic rings. The van der Waals surface area contributed by atoms with Crippen molar-refractivity contribution in [1.82, 2.24) is 9.55 Å². The second-order valence-electron chi connectivity index (χ2n) is 9.19. The molecular weight excluding hydrogens is 410 g/mol. The molecule has 0 saturated carbocycles. The average Bonchev–Trinajstić information content (AvgIpc) is 3.41. The van der Waals surface area contributed by atoms with Crippen LogP contribution in [0.25, 0.3) is 11.0 Å². The molecule has 0 bridgehead atoms. The maximum Gasteiger partial charge on any atom is 0.227 e. The van der Waals surface area contributed by atoms with Gasteiger partial charge in [-0.2, -0.15) is 0 Å². The zero-order valence-corrected chi connectivity index (χ0v) is 20.1. The predicted molar refractivity (Wildman–Crippen MR) is 135 cm³/mol. The molecule has 2 aromatic carbocycles. The summed E-state index contributed by atoms with van der Waals surface area (Å²) in [7, 11) is 1.66. The first-order valence-electron chi connectivity index (χ1n) is 12.6. The van der Waals surface area contributed by atoms with E-state index in [-0.39, 0.29) is 11.8 Å². The minimum absolute atomic E-state index is 0.112. The molecule has 0 unspecified atom stereocenters. The smallest absolute Gasteiger partial charge is 0.227 e. The molecule has 1 aliphatic heterocycles. The Morgan fingerprint density at radius 2 is 1.64 bits per heavy atom. The van der Waals surface area contributed by atoms with Crippen LogP contribution in [0, 0.1) is 0 Å². The van der Waals surface area contributed by atoms with Gasteiger partial charge < -0.3 is 14.2 Å². The number of aryl methyl sites for hydroxylation is 1. The van der Waals surface area contributed by atoms with Crippen LogP contribution in [0.1, 0.15) is 76.5 Å². The Bertz CT molecular complexity index is 1040. The third kappa shape index (κ3) is 5.58. The van der Waals surface area contributed by atoms with Gasteiger partial charge in [0.25, 0.3) is 0 Å². The van der Waals surface area contributed by atoms with Crippen LogP contribution in [0.2, 0.25) is 0 Å². The molecule has 2 heterocycles. The number of aromatic nitrogens is 2. The van der Waals surface area contributed by atoms with E-state index in [1.54, 1.807) is 7.11 Å². The number of fused-ring (bicyclic) bond motifs is 1. The number of rotatable bonds is 12. The summed E-state index contributed by atoms with van der Waals surface area (Å²) in [6, 6.07) is 16.1. The summed E-state index contributed by atoms with van der Waals surface area (Å²) in [4.78, 5) is 19.8. The third-order valence-corrected chi connectivity index (χ3v) is 6.79. The third-order valence-electron chi connectivity index (χ3n) is 6.79. The number of carbonyl (C=O) groups is 1. The zero-order chi connectivity index (χ0) is 23.0. The van der Waals surface area contributed by atoms with Crippen molar-refractivity contribution in [3.63, 3.8) is 0 Å². The molecular formula is C28H37N3O2. The minimum atomic E-state index is 0.112. The van der Waals surface area contributed by atoms with Gasteiger partial charge in [-0.3, -0.25) is 4.79 Å². The SMILES string of the molecule is CCCCCCCCCCn1c([C@@H]2CC(=O)N(c3ccc(OC)cc3)C2)nc2ccccc21. The molecule has 1 aromatic heterocycles. The van der Waals surface area contributed by atoms with Gasteiger partial charge in [-0.05, 0) is 42.8 Å². The summed E-state index contributed by atoms with van der Waals surface area (Å²) in [5.74, 6) is 2.13. The van der Waals surface area contributed by atoms with Crippen LogP contribution in [-0.4, -0.2) is 29.1 Å². The Morgan fingerprint density at radius 1 is 0.939 bits per heavy atom. The Labute approximate surface area is 197 Å². The first-order chi connectivity index (χ1) is 16.2. The molecule has 33 heavy (non-hydrogen) atoms. The number of para-hydroxylation sites is 2. The Kier molecular flexibility index (Phi) is 8.03. The molecule has 0 N–H and O–H groups in total. The topological polar surface area (TPSA) is 47.4 Å². The van der Waals surface area contributed by atoms with Gasteiger partial charge >= 0.3 is 0 Å². The summed E-state index contributed by atoms with van der Waals surface area (Å²) in [5.41, 5.74) is 3.14. The highest BCUT2D eigenvalue weighted by molar-refractivity contribution is 5.96. The fraction of sp³-hybridized carbons (Fsp3) is 0.500. The molecule has 0 aliphatic carbocycles. The number of nitrogens with zero attached hydrogens (tertiary/aromatic N) is 3. The largest absolute Gasteiger partial charge is 0.497 e. The average molecular weight is 448 g/mol. The van der Waals surface area contributed by atoms with Crippen LogP contribution in [0.15, 0.2) is 48.5 Å². The standard InChI is InChI=1S/C28H37N3O2/c1-3-4-5-6-7-8-9-12-19-30-26-14-11-10-13-25(26)29-28(30)22-20-27(32)31(21-22)23-15-17-24(33-2)18-16-23/h10-11,13-18,22H,3-9,12,19-21H2,1-2H3/t22-/m1/s1. The molecule has 0 spiro atoms. The maximum atomic E-state index is 12.9. The van der Waals surface area contributed by atoms with Crippen LogP contribution in [-0.2, 0) is 11.3 Å². The highest BCUT2D eigenvalue weighted by Gasteiger charge is 2.34. The van der Waals surface area contributed by atoms with E-state index in [1.165, 1.54) is 50.5 Å². The van der Waals surface area contributed by atoms with E-state index in [2.05, 4.69) is 29.7 Å². The first kappa shape index (κ1) is 23.3. The van der Waals surface area contributed by atoms with Gasteiger partial charge in [0.2, 0.25) is 5.91 Å². The van der Waals surface area contributed by atoms with Crippen molar-refractivity contribution in [2.45, 2.75) is 77.2 Å². The van der Waals surface area contributed by atoms with Crippen molar-refractivity contribution in [2.75, 3.05) is 18.6 Å². The Morgan fingerprint density at radius 3 is 2.36 bits per heavy atom. The fourth-order valence-electron chi connectivity index (χ4n) is 4.94. The highest BCUT2D eigenvalue weighted by atomic mass is 16.5. The lowest BCUT2D eigenvalue weighted by Gasteiger charge is -2.18. The van der Waals surface area contributed by atoms with E-state index >= 15 is 0 Å². The van der Waals surface area contributed by atoms with Crippen LogP contribution in [0.5, 0.6) is 5.75 Å². The summed E-state index contributed by atoms with van der Waals surface area (Å²) >= 11 is 0. The van der Waals surface area contributed by atoms with Crippen LogP contribution < -0.4 is 9.64 Å². The van der Waals surface area contributed by atoms with Gasteiger partial charge in [0.15, 0.2) is 0 Å². The maximum absolute atomic E-state index is 12.9. The van der Waals surface area contributed by atoms with E-state index in [0.717, 1.165) is 35.7 Å². The van der Waals surface area contributed by atoms with E-state index in [9.17, 15) is 4.79 Å². The normalized spacial score (nSPS) is 16.1.